The minimum absolute atomic E-state index is 0.189. The Balaban J connectivity index is 1.47. The lowest BCUT2D eigenvalue weighted by Gasteiger charge is -2.26. The Morgan fingerprint density at radius 2 is 1.69 bits per heavy atom. The van der Waals surface area contributed by atoms with Crippen molar-refractivity contribution in [3.63, 3.8) is 0 Å². The maximum Gasteiger partial charge on any atom is 0.338 e. The minimum atomic E-state index is -0.740. The Morgan fingerprint density at radius 3 is 2.38 bits per heavy atom. The van der Waals surface area contributed by atoms with E-state index in [0.717, 1.165) is 27.1 Å². The molecule has 244 valence electrons. The van der Waals surface area contributed by atoms with Crippen molar-refractivity contribution in [2.45, 2.75) is 31.4 Å². The van der Waals surface area contributed by atoms with Crippen molar-refractivity contribution in [2.24, 2.45) is 4.99 Å². The molecule has 48 heavy (non-hydrogen) atoms. The highest BCUT2D eigenvalue weighted by Gasteiger charge is 2.35. The summed E-state index contributed by atoms with van der Waals surface area (Å²) in [7, 11) is 0. The highest BCUT2D eigenvalue weighted by Crippen LogP contribution is 2.36. The van der Waals surface area contributed by atoms with Crippen molar-refractivity contribution < 1.29 is 19.0 Å². The number of halogens is 1. The average molecular weight is 697 g/mol. The van der Waals surface area contributed by atoms with Crippen LogP contribution in [0.25, 0.3) is 11.8 Å². The lowest BCUT2D eigenvalue weighted by atomic mass is 9.93. The maximum atomic E-state index is 14.3. The lowest BCUT2D eigenvalue weighted by Crippen LogP contribution is -2.40. The van der Waals surface area contributed by atoms with Crippen molar-refractivity contribution in [1.82, 2.24) is 4.57 Å². The summed E-state index contributed by atoms with van der Waals surface area (Å²) in [6.07, 6.45) is 3.82. The van der Waals surface area contributed by atoms with Gasteiger partial charge in [-0.3, -0.25) is 9.36 Å². The largest absolute Gasteiger partial charge is 0.490 e. The van der Waals surface area contributed by atoms with Crippen molar-refractivity contribution in [3.8, 4) is 11.5 Å². The van der Waals surface area contributed by atoms with Crippen LogP contribution in [0.1, 0.15) is 42.1 Å². The first-order valence-corrected chi connectivity index (χ1v) is 17.9. The first kappa shape index (κ1) is 33.3. The smallest absolute Gasteiger partial charge is 0.338 e. The van der Waals surface area contributed by atoms with E-state index in [1.54, 1.807) is 23.3 Å². The van der Waals surface area contributed by atoms with Crippen molar-refractivity contribution in [3.05, 3.63) is 150 Å². The molecule has 0 amide bonds. The maximum absolute atomic E-state index is 14.3. The number of ether oxygens (including phenoxy) is 3. The normalized spacial score (nSPS) is 14.3. The van der Waals surface area contributed by atoms with E-state index in [-0.39, 0.29) is 12.2 Å². The molecule has 0 fully saturated rings. The lowest BCUT2D eigenvalue weighted by molar-refractivity contribution is -0.138. The molecule has 0 spiro atoms. The Bertz CT molecular complexity index is 2140. The van der Waals surface area contributed by atoms with Crippen LogP contribution in [0.15, 0.2) is 117 Å². The third-order valence-corrected chi connectivity index (χ3v) is 9.66. The summed E-state index contributed by atoms with van der Waals surface area (Å²) in [6.45, 7) is 4.65. The molecule has 0 unspecified atom stereocenters. The van der Waals surface area contributed by atoms with Gasteiger partial charge in [-0.05, 0) is 79.3 Å². The number of carbonyl (C=O) groups is 1. The molecular formula is C38H33ClN2O5S2. The van der Waals surface area contributed by atoms with E-state index in [2.05, 4.69) is 0 Å². The number of thioether (sulfide) groups is 1. The quantitative estimate of drug-likeness (QED) is 0.107. The fourth-order valence-corrected chi connectivity index (χ4v) is 6.97. The molecule has 0 N–H and O–H groups in total. The number of carbonyl (C=O) groups excluding carboxylic acids is 1. The van der Waals surface area contributed by atoms with Crippen LogP contribution in [0.4, 0.5) is 0 Å². The van der Waals surface area contributed by atoms with Gasteiger partial charge in [0.15, 0.2) is 16.3 Å². The van der Waals surface area contributed by atoms with E-state index in [0.29, 0.717) is 50.3 Å². The first-order valence-electron chi connectivity index (χ1n) is 15.5. The van der Waals surface area contributed by atoms with E-state index in [1.165, 1.54) is 11.3 Å². The number of benzene rings is 4. The number of rotatable bonds is 11. The molecule has 1 aromatic heterocycles. The van der Waals surface area contributed by atoms with Crippen LogP contribution in [-0.4, -0.2) is 30.0 Å². The topological polar surface area (TPSA) is 79.1 Å². The fourth-order valence-electron chi connectivity index (χ4n) is 5.44. The second-order valence-electron chi connectivity index (χ2n) is 10.8. The third kappa shape index (κ3) is 7.13. The predicted octanol–water partition coefficient (Wildman–Crippen LogP) is 7.29. The second-order valence-corrected chi connectivity index (χ2v) is 13.1. The molecule has 0 radical (unpaired) electrons. The van der Waals surface area contributed by atoms with Crippen molar-refractivity contribution in [1.29, 1.82) is 0 Å². The molecule has 0 saturated heterocycles. The van der Waals surface area contributed by atoms with Gasteiger partial charge < -0.3 is 14.2 Å². The Kier molecular flexibility index (Phi) is 10.5. The van der Waals surface area contributed by atoms with E-state index < -0.39 is 12.0 Å². The monoisotopic (exact) mass is 696 g/mol. The van der Waals surface area contributed by atoms with Crippen LogP contribution in [0.3, 0.4) is 0 Å². The van der Waals surface area contributed by atoms with E-state index >= 15 is 0 Å². The van der Waals surface area contributed by atoms with Gasteiger partial charge in [-0.25, -0.2) is 9.79 Å². The SMILES string of the molecule is CCOC(=O)C1=C(c2ccccc2)N=c2s/c(=C\c3ccc(OCc4ccc(Cl)cc4)c(OCC)c3)c(=O)n2[C@@H]1c1ccc(SC)cc1. The van der Waals surface area contributed by atoms with Gasteiger partial charge in [0.1, 0.15) is 6.61 Å². The van der Waals surface area contributed by atoms with Gasteiger partial charge in [0.05, 0.1) is 35.1 Å². The Morgan fingerprint density at radius 1 is 0.938 bits per heavy atom. The van der Waals surface area contributed by atoms with Crippen molar-refractivity contribution >= 4 is 52.4 Å². The molecule has 0 aliphatic carbocycles. The summed E-state index contributed by atoms with van der Waals surface area (Å²) in [4.78, 5) is 34.5. The van der Waals surface area contributed by atoms with Gasteiger partial charge in [-0.15, -0.1) is 11.8 Å². The molecular weight excluding hydrogens is 664 g/mol. The summed E-state index contributed by atoms with van der Waals surface area (Å²) >= 11 is 8.92. The van der Waals surface area contributed by atoms with Crippen LogP contribution >= 0.6 is 34.7 Å². The number of thiazole rings is 1. The zero-order chi connectivity index (χ0) is 33.6. The molecule has 4 aromatic carbocycles. The van der Waals surface area contributed by atoms with E-state index in [9.17, 15) is 9.59 Å². The molecule has 2 heterocycles. The number of aromatic nitrogens is 1. The number of fused-ring (bicyclic) bond motifs is 1. The van der Waals surface area contributed by atoms with Crippen LogP contribution in [0, 0.1) is 0 Å². The molecule has 1 aliphatic rings. The number of nitrogens with zero attached hydrogens (tertiary/aromatic N) is 2. The second kappa shape index (κ2) is 15.1. The standard InChI is InChI=1S/C38H33ClN2O5S2/c1-4-44-31-21-25(13-20-30(31)46-23-24-11-16-28(39)17-12-24)22-32-36(42)41-35(27-14-18-29(47-3)19-15-27)33(37(43)45-5-2)34(40-38(41)48-32)26-9-7-6-8-10-26/h6-22,35H,4-5,23H2,1-3H3/b32-22-/t35-/m1/s1. The highest BCUT2D eigenvalue weighted by atomic mass is 35.5. The Hall–Kier alpha value is -4.57. The number of esters is 1. The molecule has 5 aromatic rings. The predicted molar refractivity (Wildman–Crippen MR) is 193 cm³/mol. The van der Waals surface area contributed by atoms with Gasteiger partial charge in [0.25, 0.3) is 5.56 Å². The molecule has 0 saturated carbocycles. The molecule has 6 rings (SSSR count). The van der Waals surface area contributed by atoms with E-state index in [1.807, 2.05) is 116 Å². The van der Waals surface area contributed by atoms with Gasteiger partial charge >= 0.3 is 5.97 Å². The van der Waals surface area contributed by atoms with Crippen LogP contribution in [0.2, 0.25) is 5.02 Å². The summed E-state index contributed by atoms with van der Waals surface area (Å²) in [6, 6.07) is 29.7. The molecule has 7 nitrogen and oxygen atoms in total. The summed E-state index contributed by atoms with van der Waals surface area (Å²) in [5, 5.41) is 0.664. The van der Waals surface area contributed by atoms with Gasteiger partial charge in [-0.2, -0.15) is 0 Å². The van der Waals surface area contributed by atoms with Crippen LogP contribution in [0.5, 0.6) is 11.5 Å². The number of hydrogen-bond acceptors (Lipinski definition) is 8. The summed E-state index contributed by atoms with van der Waals surface area (Å²) in [5.41, 5.74) is 3.83. The molecule has 10 heteroatoms. The van der Waals surface area contributed by atoms with Gasteiger partial charge in [-0.1, -0.05) is 83.6 Å². The third-order valence-electron chi connectivity index (χ3n) is 7.68. The van der Waals surface area contributed by atoms with Crippen LogP contribution in [-0.2, 0) is 16.1 Å². The number of hydrogen-bond donors (Lipinski definition) is 0. The highest BCUT2D eigenvalue weighted by molar-refractivity contribution is 7.98. The molecule has 1 aliphatic heterocycles. The zero-order valence-electron chi connectivity index (χ0n) is 26.6. The fraction of sp³-hybridized carbons (Fsp3) is 0.184. The van der Waals surface area contributed by atoms with Crippen molar-refractivity contribution in [2.75, 3.05) is 19.5 Å². The Labute approximate surface area is 291 Å². The molecule has 1 atom stereocenters. The van der Waals surface area contributed by atoms with Crippen LogP contribution < -0.4 is 24.4 Å². The van der Waals surface area contributed by atoms with Gasteiger partial charge in [0, 0.05) is 15.5 Å². The summed E-state index contributed by atoms with van der Waals surface area (Å²) < 4.78 is 19.7. The van der Waals surface area contributed by atoms with Gasteiger partial charge in [0.2, 0.25) is 0 Å². The molecule has 0 bridgehead atoms. The zero-order valence-corrected chi connectivity index (χ0v) is 29.0. The minimum Gasteiger partial charge on any atom is -0.490 e. The average Bonchev–Trinajstić information content (AvgIpc) is 3.42. The summed E-state index contributed by atoms with van der Waals surface area (Å²) in [5.74, 6) is 0.644. The first-order chi connectivity index (χ1) is 23.4. The van der Waals surface area contributed by atoms with E-state index in [4.69, 9.17) is 30.8 Å².